The number of rotatable bonds is 3. The first-order chi connectivity index (χ1) is 6.75. The van der Waals surface area contributed by atoms with Gasteiger partial charge < -0.3 is 9.47 Å². The molecule has 0 radical (unpaired) electrons. The van der Waals surface area contributed by atoms with Crippen LogP contribution in [0.2, 0.25) is 0 Å². The van der Waals surface area contributed by atoms with E-state index in [1.54, 1.807) is 14.2 Å². The SMILES string of the molecule is COC1(OC)CN2CC[C@@H]1C[C@@H]2CCl. The standard InChI is InChI=1S/C10H18ClNO2/c1-13-10(14-2)7-12-4-3-8(10)5-9(12)6-11/h8-9H,3-7H2,1-2H3/t8-,9-/m1/s1. The Morgan fingerprint density at radius 3 is 2.57 bits per heavy atom. The summed E-state index contributed by atoms with van der Waals surface area (Å²) in [6.07, 6.45) is 2.26. The third-order valence-corrected chi connectivity index (χ3v) is 4.11. The lowest BCUT2D eigenvalue weighted by Gasteiger charge is -2.54. The van der Waals surface area contributed by atoms with E-state index in [9.17, 15) is 0 Å². The van der Waals surface area contributed by atoms with Crippen LogP contribution in [0.1, 0.15) is 12.8 Å². The summed E-state index contributed by atoms with van der Waals surface area (Å²) in [7, 11) is 3.47. The van der Waals surface area contributed by atoms with Crippen molar-refractivity contribution in [2.24, 2.45) is 5.92 Å². The molecule has 3 fully saturated rings. The Morgan fingerprint density at radius 2 is 2.14 bits per heavy atom. The van der Waals surface area contributed by atoms with E-state index in [2.05, 4.69) is 4.90 Å². The fourth-order valence-corrected chi connectivity index (χ4v) is 3.15. The summed E-state index contributed by atoms with van der Waals surface area (Å²) in [5, 5.41) is 0. The maximum atomic E-state index is 5.93. The van der Waals surface area contributed by atoms with Crippen molar-refractivity contribution in [1.29, 1.82) is 0 Å². The number of alkyl halides is 1. The van der Waals surface area contributed by atoms with Crippen molar-refractivity contribution in [1.82, 2.24) is 4.90 Å². The van der Waals surface area contributed by atoms with Crippen LogP contribution in [0.4, 0.5) is 0 Å². The Kier molecular flexibility index (Phi) is 3.03. The molecule has 0 N–H and O–H groups in total. The summed E-state index contributed by atoms with van der Waals surface area (Å²) in [6, 6.07) is 0.522. The molecule has 3 saturated heterocycles. The molecule has 0 saturated carbocycles. The van der Waals surface area contributed by atoms with Gasteiger partial charge in [0.1, 0.15) is 0 Å². The summed E-state index contributed by atoms with van der Waals surface area (Å²) >= 11 is 5.93. The van der Waals surface area contributed by atoms with Gasteiger partial charge in [-0.05, 0) is 19.4 Å². The minimum Gasteiger partial charge on any atom is -0.352 e. The molecule has 2 bridgehead atoms. The maximum Gasteiger partial charge on any atom is 0.183 e. The quantitative estimate of drug-likeness (QED) is 0.528. The second-order valence-electron chi connectivity index (χ2n) is 4.22. The van der Waals surface area contributed by atoms with Gasteiger partial charge in [-0.3, -0.25) is 4.90 Å². The van der Waals surface area contributed by atoms with Crippen molar-refractivity contribution in [3.8, 4) is 0 Å². The molecule has 3 nitrogen and oxygen atoms in total. The number of nitrogens with zero attached hydrogens (tertiary/aromatic N) is 1. The van der Waals surface area contributed by atoms with Gasteiger partial charge in [-0.25, -0.2) is 0 Å². The molecular formula is C10H18ClNO2. The summed E-state index contributed by atoms with van der Waals surface area (Å²) < 4.78 is 11.1. The first-order valence-corrected chi connectivity index (χ1v) is 5.69. The summed E-state index contributed by atoms with van der Waals surface area (Å²) in [5.41, 5.74) is 0. The van der Waals surface area contributed by atoms with Crippen LogP contribution in [-0.2, 0) is 9.47 Å². The highest BCUT2D eigenvalue weighted by atomic mass is 35.5. The van der Waals surface area contributed by atoms with E-state index in [0.29, 0.717) is 12.0 Å². The van der Waals surface area contributed by atoms with Crippen LogP contribution in [0.15, 0.2) is 0 Å². The molecule has 3 rings (SSSR count). The van der Waals surface area contributed by atoms with Gasteiger partial charge in [0, 0.05) is 32.1 Å². The molecule has 0 aromatic heterocycles. The molecule has 0 aromatic rings. The van der Waals surface area contributed by atoms with Crippen LogP contribution in [0.25, 0.3) is 0 Å². The summed E-state index contributed by atoms with van der Waals surface area (Å²) in [6.45, 7) is 2.00. The lowest BCUT2D eigenvalue weighted by atomic mass is 9.79. The van der Waals surface area contributed by atoms with E-state index in [1.807, 2.05) is 0 Å². The van der Waals surface area contributed by atoms with Gasteiger partial charge in [0.2, 0.25) is 0 Å². The Balaban J connectivity index is 2.14. The number of halogens is 1. The molecule has 0 amide bonds. The molecule has 3 aliphatic heterocycles. The molecule has 14 heavy (non-hydrogen) atoms. The number of piperidine rings is 3. The van der Waals surface area contributed by atoms with E-state index < -0.39 is 0 Å². The molecule has 1 unspecified atom stereocenters. The van der Waals surface area contributed by atoms with Gasteiger partial charge in [0.25, 0.3) is 0 Å². The average Bonchev–Trinajstić information content (AvgIpc) is 2.29. The molecular weight excluding hydrogens is 202 g/mol. The minimum absolute atomic E-state index is 0.374. The second kappa shape index (κ2) is 3.97. The van der Waals surface area contributed by atoms with Crippen molar-refractivity contribution >= 4 is 11.6 Å². The van der Waals surface area contributed by atoms with Gasteiger partial charge in [0.05, 0.1) is 6.54 Å². The first kappa shape index (κ1) is 10.7. The van der Waals surface area contributed by atoms with E-state index in [4.69, 9.17) is 21.1 Å². The second-order valence-corrected chi connectivity index (χ2v) is 4.53. The lowest BCUT2D eigenvalue weighted by molar-refractivity contribution is -0.285. The van der Waals surface area contributed by atoms with Gasteiger partial charge in [-0.2, -0.15) is 0 Å². The molecule has 3 atom stereocenters. The molecule has 4 heteroatoms. The molecule has 3 heterocycles. The number of ether oxygens (including phenoxy) is 2. The fourth-order valence-electron chi connectivity index (χ4n) is 2.83. The van der Waals surface area contributed by atoms with Gasteiger partial charge in [-0.15, -0.1) is 11.6 Å². The van der Waals surface area contributed by atoms with E-state index in [0.717, 1.165) is 31.8 Å². The molecule has 3 aliphatic rings. The Hall–Kier alpha value is 0.170. The fraction of sp³-hybridized carbons (Fsp3) is 1.00. The minimum atomic E-state index is -0.374. The van der Waals surface area contributed by atoms with Crippen molar-refractivity contribution in [3.63, 3.8) is 0 Å². The van der Waals surface area contributed by atoms with Crippen molar-refractivity contribution in [2.75, 3.05) is 33.2 Å². The predicted molar refractivity (Wildman–Crippen MR) is 55.6 cm³/mol. The van der Waals surface area contributed by atoms with Crippen molar-refractivity contribution < 1.29 is 9.47 Å². The number of hydrogen-bond donors (Lipinski definition) is 0. The smallest absolute Gasteiger partial charge is 0.183 e. The zero-order valence-corrected chi connectivity index (χ0v) is 9.59. The predicted octanol–water partition coefficient (Wildman–Crippen LogP) is 1.31. The van der Waals surface area contributed by atoms with E-state index in [-0.39, 0.29) is 5.79 Å². The zero-order chi connectivity index (χ0) is 10.2. The normalized spacial score (nSPS) is 40.1. The third-order valence-electron chi connectivity index (χ3n) is 3.75. The average molecular weight is 220 g/mol. The van der Waals surface area contributed by atoms with Gasteiger partial charge in [0.15, 0.2) is 5.79 Å². The van der Waals surface area contributed by atoms with Crippen LogP contribution in [0.3, 0.4) is 0 Å². The highest BCUT2D eigenvalue weighted by molar-refractivity contribution is 6.18. The summed E-state index contributed by atoms with van der Waals surface area (Å²) in [5.74, 6) is 0.854. The Bertz CT molecular complexity index is 208. The van der Waals surface area contributed by atoms with Crippen LogP contribution in [0.5, 0.6) is 0 Å². The van der Waals surface area contributed by atoms with Gasteiger partial charge >= 0.3 is 0 Å². The van der Waals surface area contributed by atoms with E-state index in [1.165, 1.54) is 0 Å². The highest BCUT2D eigenvalue weighted by Gasteiger charge is 2.50. The first-order valence-electron chi connectivity index (χ1n) is 5.16. The van der Waals surface area contributed by atoms with Crippen LogP contribution in [0, 0.1) is 5.92 Å². The van der Waals surface area contributed by atoms with Crippen LogP contribution < -0.4 is 0 Å². The molecule has 82 valence electrons. The van der Waals surface area contributed by atoms with Gasteiger partial charge in [-0.1, -0.05) is 0 Å². The molecule has 0 aromatic carbocycles. The van der Waals surface area contributed by atoms with Crippen LogP contribution >= 0.6 is 11.6 Å². The van der Waals surface area contributed by atoms with Crippen LogP contribution in [-0.4, -0.2) is 49.9 Å². The number of fused-ring (bicyclic) bond motifs is 3. The maximum absolute atomic E-state index is 5.93. The van der Waals surface area contributed by atoms with Crippen molar-refractivity contribution in [2.45, 2.75) is 24.7 Å². The monoisotopic (exact) mass is 219 g/mol. The number of hydrogen-bond acceptors (Lipinski definition) is 3. The van der Waals surface area contributed by atoms with E-state index >= 15 is 0 Å². The largest absolute Gasteiger partial charge is 0.352 e. The lowest BCUT2D eigenvalue weighted by Crippen LogP contribution is -2.64. The highest BCUT2D eigenvalue weighted by Crippen LogP contribution is 2.41. The molecule has 0 aliphatic carbocycles. The zero-order valence-electron chi connectivity index (χ0n) is 8.83. The third kappa shape index (κ3) is 1.47. The Labute approximate surface area is 90.3 Å². The Morgan fingerprint density at radius 1 is 1.43 bits per heavy atom. The number of methoxy groups -OCH3 is 2. The summed E-state index contributed by atoms with van der Waals surface area (Å²) in [4.78, 5) is 2.39. The van der Waals surface area contributed by atoms with Crippen molar-refractivity contribution in [3.05, 3.63) is 0 Å². The topological polar surface area (TPSA) is 21.7 Å². The molecule has 0 spiro atoms.